The van der Waals surface area contributed by atoms with E-state index in [4.69, 9.17) is 4.84 Å². The molecule has 0 saturated heterocycles. The van der Waals surface area contributed by atoms with Crippen LogP contribution in [0.25, 0.3) is 0 Å². The second kappa shape index (κ2) is 6.31. The third-order valence-corrected chi connectivity index (χ3v) is 2.67. The predicted molar refractivity (Wildman–Crippen MR) is 75.2 cm³/mol. The van der Waals surface area contributed by atoms with Crippen molar-refractivity contribution in [2.75, 3.05) is 5.48 Å². The number of nitro benzene ring substituents is 2. The number of nitrogens with one attached hydrogen (secondary N) is 1. The topological polar surface area (TPSA) is 125 Å². The number of hydrogen-bond acceptors (Lipinski definition) is 7. The number of anilines is 1. The van der Waals surface area contributed by atoms with Gasteiger partial charge in [-0.3, -0.25) is 20.2 Å². The minimum Gasteiger partial charge on any atom is -0.338 e. The van der Waals surface area contributed by atoms with Gasteiger partial charge in [0.15, 0.2) is 0 Å². The quantitative estimate of drug-likeness (QED) is 0.664. The van der Waals surface area contributed by atoms with Crippen LogP contribution in [0.4, 0.5) is 17.1 Å². The smallest absolute Gasteiger partial charge is 0.338 e. The number of nitrogens with zero attached hydrogens (tertiary/aromatic N) is 2. The molecule has 9 heteroatoms. The number of non-ortho nitro benzene ring substituents is 1. The molecule has 112 valence electrons. The molecule has 0 saturated carbocycles. The molecule has 0 atom stereocenters. The molecule has 0 aromatic heterocycles. The van der Waals surface area contributed by atoms with Crippen molar-refractivity contribution in [2.24, 2.45) is 0 Å². The summed E-state index contributed by atoms with van der Waals surface area (Å²) in [5, 5.41) is 21.3. The predicted octanol–water partition coefficient (Wildman–Crippen LogP) is 2.69. The van der Waals surface area contributed by atoms with Crippen LogP contribution in [-0.4, -0.2) is 15.8 Å². The summed E-state index contributed by atoms with van der Waals surface area (Å²) in [5.74, 6) is -0.826. The SMILES string of the molecule is O=C(ONc1ccccc1[N+](=O)[O-])c1ccc([N+](=O)[O-])cc1. The van der Waals surface area contributed by atoms with Crippen molar-refractivity contribution >= 4 is 23.0 Å². The highest BCUT2D eigenvalue weighted by molar-refractivity contribution is 5.90. The summed E-state index contributed by atoms with van der Waals surface area (Å²) in [4.78, 5) is 36.6. The Kier molecular flexibility index (Phi) is 4.27. The third kappa shape index (κ3) is 3.33. The first-order valence-electron chi connectivity index (χ1n) is 5.94. The molecule has 2 aromatic carbocycles. The van der Waals surface area contributed by atoms with Gasteiger partial charge in [0.05, 0.1) is 15.4 Å². The van der Waals surface area contributed by atoms with E-state index >= 15 is 0 Å². The first-order valence-corrected chi connectivity index (χ1v) is 5.94. The normalized spacial score (nSPS) is 9.82. The lowest BCUT2D eigenvalue weighted by atomic mass is 10.2. The van der Waals surface area contributed by atoms with Crippen molar-refractivity contribution in [3.63, 3.8) is 0 Å². The van der Waals surface area contributed by atoms with E-state index < -0.39 is 15.8 Å². The molecule has 0 fully saturated rings. The summed E-state index contributed by atoms with van der Waals surface area (Å²) >= 11 is 0. The van der Waals surface area contributed by atoms with E-state index in [9.17, 15) is 25.0 Å². The fraction of sp³-hybridized carbons (Fsp3) is 0. The minimum atomic E-state index is -0.826. The zero-order chi connectivity index (χ0) is 16.1. The highest BCUT2D eigenvalue weighted by Gasteiger charge is 2.15. The highest BCUT2D eigenvalue weighted by Crippen LogP contribution is 2.23. The molecular weight excluding hydrogens is 294 g/mol. The maximum atomic E-state index is 11.8. The Labute approximate surface area is 123 Å². The van der Waals surface area contributed by atoms with Gasteiger partial charge in [-0.15, -0.1) is 0 Å². The molecule has 9 nitrogen and oxygen atoms in total. The zero-order valence-corrected chi connectivity index (χ0v) is 11.0. The van der Waals surface area contributed by atoms with E-state index in [-0.39, 0.29) is 22.6 Å². The van der Waals surface area contributed by atoms with Gasteiger partial charge in [0.25, 0.3) is 11.4 Å². The number of benzene rings is 2. The van der Waals surface area contributed by atoms with Crippen LogP contribution in [0.15, 0.2) is 48.5 Å². The van der Waals surface area contributed by atoms with E-state index in [0.29, 0.717) is 0 Å². The van der Waals surface area contributed by atoms with Crippen LogP contribution in [-0.2, 0) is 4.84 Å². The number of carbonyl (C=O) groups excluding carboxylic acids is 1. The fourth-order valence-corrected chi connectivity index (χ4v) is 1.60. The number of hydrogen-bond donors (Lipinski definition) is 1. The number of nitro groups is 2. The van der Waals surface area contributed by atoms with E-state index in [1.54, 1.807) is 0 Å². The molecule has 0 radical (unpaired) electrons. The van der Waals surface area contributed by atoms with Gasteiger partial charge in [-0.1, -0.05) is 12.1 Å². The van der Waals surface area contributed by atoms with E-state index in [1.807, 2.05) is 0 Å². The van der Waals surface area contributed by atoms with Gasteiger partial charge in [0, 0.05) is 18.2 Å². The lowest BCUT2D eigenvalue weighted by Gasteiger charge is -2.07. The van der Waals surface area contributed by atoms with Gasteiger partial charge < -0.3 is 4.84 Å². The molecule has 0 aliphatic carbocycles. The van der Waals surface area contributed by atoms with Crippen LogP contribution in [0, 0.1) is 20.2 Å². The highest BCUT2D eigenvalue weighted by atomic mass is 16.7. The van der Waals surface area contributed by atoms with Crippen molar-refractivity contribution in [3.05, 3.63) is 74.3 Å². The second-order valence-electron chi connectivity index (χ2n) is 4.07. The average Bonchev–Trinajstić information content (AvgIpc) is 2.52. The summed E-state index contributed by atoms with van der Waals surface area (Å²) in [6, 6.07) is 10.4. The molecule has 0 bridgehead atoms. The van der Waals surface area contributed by atoms with Gasteiger partial charge >= 0.3 is 5.97 Å². The molecule has 22 heavy (non-hydrogen) atoms. The average molecular weight is 303 g/mol. The van der Waals surface area contributed by atoms with Crippen LogP contribution < -0.4 is 5.48 Å². The minimum absolute atomic E-state index is 0.0164. The van der Waals surface area contributed by atoms with Crippen molar-refractivity contribution in [3.8, 4) is 0 Å². The van der Waals surface area contributed by atoms with Crippen LogP contribution >= 0.6 is 0 Å². The molecule has 2 rings (SSSR count). The number of para-hydroxylation sites is 2. The maximum absolute atomic E-state index is 11.8. The van der Waals surface area contributed by atoms with Crippen molar-refractivity contribution in [1.82, 2.24) is 0 Å². The first-order chi connectivity index (χ1) is 10.5. The van der Waals surface area contributed by atoms with Gasteiger partial charge in [-0.25, -0.2) is 10.3 Å². The summed E-state index contributed by atoms with van der Waals surface area (Å²) in [6.07, 6.45) is 0. The van der Waals surface area contributed by atoms with E-state index in [2.05, 4.69) is 5.48 Å². The Morgan fingerprint density at radius 3 is 2.18 bits per heavy atom. The fourth-order valence-electron chi connectivity index (χ4n) is 1.60. The van der Waals surface area contributed by atoms with Gasteiger partial charge in [0.2, 0.25) is 0 Å². The Morgan fingerprint density at radius 2 is 1.59 bits per heavy atom. The van der Waals surface area contributed by atoms with Crippen LogP contribution in [0.3, 0.4) is 0 Å². The Bertz CT molecular complexity index is 729. The molecule has 0 spiro atoms. The van der Waals surface area contributed by atoms with Crippen LogP contribution in [0.2, 0.25) is 0 Å². The van der Waals surface area contributed by atoms with Crippen molar-refractivity contribution in [1.29, 1.82) is 0 Å². The van der Waals surface area contributed by atoms with Gasteiger partial charge in [-0.05, 0) is 18.2 Å². The summed E-state index contributed by atoms with van der Waals surface area (Å²) < 4.78 is 0. The van der Waals surface area contributed by atoms with E-state index in [1.165, 1.54) is 36.4 Å². The Morgan fingerprint density at radius 1 is 0.955 bits per heavy atom. The first kappa shape index (κ1) is 14.9. The zero-order valence-electron chi connectivity index (χ0n) is 11.0. The molecule has 0 aliphatic heterocycles. The molecule has 0 unspecified atom stereocenters. The third-order valence-electron chi connectivity index (χ3n) is 2.67. The molecule has 0 amide bonds. The lowest BCUT2D eigenvalue weighted by molar-refractivity contribution is -0.384. The molecule has 2 aromatic rings. The maximum Gasteiger partial charge on any atom is 0.362 e. The van der Waals surface area contributed by atoms with Crippen LogP contribution in [0.1, 0.15) is 10.4 Å². The largest absolute Gasteiger partial charge is 0.362 e. The molecular formula is C13H9N3O6. The summed E-state index contributed by atoms with van der Waals surface area (Å²) in [5.41, 5.74) is 1.87. The van der Waals surface area contributed by atoms with Crippen molar-refractivity contribution < 1.29 is 19.5 Å². The molecule has 0 aliphatic rings. The molecule has 1 N–H and O–H groups in total. The number of carbonyl (C=O) groups is 1. The summed E-state index contributed by atoms with van der Waals surface area (Å²) in [7, 11) is 0. The standard InChI is InChI=1S/C13H9N3O6/c17-13(9-5-7-10(8-6-9)15(18)19)22-14-11-3-1-2-4-12(11)16(20)21/h1-8,14H. The van der Waals surface area contributed by atoms with Gasteiger partial charge in [0.1, 0.15) is 5.69 Å². The second-order valence-corrected chi connectivity index (χ2v) is 4.07. The van der Waals surface area contributed by atoms with E-state index in [0.717, 1.165) is 12.1 Å². The Hall–Kier alpha value is -3.49. The summed E-state index contributed by atoms with van der Waals surface area (Å²) in [6.45, 7) is 0. The monoisotopic (exact) mass is 303 g/mol. The number of rotatable bonds is 5. The van der Waals surface area contributed by atoms with Gasteiger partial charge in [-0.2, -0.15) is 0 Å². The van der Waals surface area contributed by atoms with Crippen molar-refractivity contribution in [2.45, 2.75) is 0 Å². The van der Waals surface area contributed by atoms with Crippen LogP contribution in [0.5, 0.6) is 0 Å². The molecule has 0 heterocycles. The Balaban J connectivity index is 2.07. The lowest BCUT2D eigenvalue weighted by Crippen LogP contribution is -2.11.